The van der Waals surface area contributed by atoms with Gasteiger partial charge in [-0.05, 0) is 12.5 Å². The Morgan fingerprint density at radius 2 is 2.29 bits per heavy atom. The van der Waals surface area contributed by atoms with Crippen molar-refractivity contribution in [2.75, 3.05) is 6.61 Å². The highest BCUT2D eigenvalue weighted by molar-refractivity contribution is 5.40. The number of fused-ring (bicyclic) bond motifs is 1. The first-order chi connectivity index (χ1) is 8.38. The number of nitrogens with one attached hydrogen (secondary N) is 1. The standard InChI is InChI=1S/C13H15N3O/c1-2-12-14-13(16-15-12)10-7-8-17-11-6-4-3-5-9(10)11/h3-6,10H,2,7-8H2,1H3,(H,14,15,16). The zero-order chi connectivity index (χ0) is 11.7. The highest BCUT2D eigenvalue weighted by atomic mass is 16.5. The fraction of sp³-hybridized carbons (Fsp3) is 0.385. The highest BCUT2D eigenvalue weighted by Crippen LogP contribution is 2.36. The van der Waals surface area contributed by atoms with Gasteiger partial charge in [0.2, 0.25) is 0 Å². The van der Waals surface area contributed by atoms with Gasteiger partial charge in [-0.1, -0.05) is 25.1 Å². The molecule has 4 heteroatoms. The zero-order valence-corrected chi connectivity index (χ0v) is 9.81. The quantitative estimate of drug-likeness (QED) is 0.859. The molecule has 0 aliphatic carbocycles. The molecule has 0 saturated carbocycles. The van der Waals surface area contributed by atoms with Gasteiger partial charge < -0.3 is 4.74 Å². The van der Waals surface area contributed by atoms with Crippen molar-refractivity contribution < 1.29 is 4.74 Å². The van der Waals surface area contributed by atoms with Crippen LogP contribution in [0.3, 0.4) is 0 Å². The number of hydrogen-bond donors (Lipinski definition) is 1. The van der Waals surface area contributed by atoms with E-state index in [-0.39, 0.29) is 5.92 Å². The van der Waals surface area contributed by atoms with Crippen molar-refractivity contribution in [2.45, 2.75) is 25.7 Å². The van der Waals surface area contributed by atoms with Crippen molar-refractivity contribution >= 4 is 0 Å². The minimum atomic E-state index is 0.261. The number of aromatic amines is 1. The van der Waals surface area contributed by atoms with Crippen LogP contribution in [0.15, 0.2) is 24.3 Å². The van der Waals surface area contributed by atoms with Crippen LogP contribution >= 0.6 is 0 Å². The van der Waals surface area contributed by atoms with E-state index in [1.165, 1.54) is 5.56 Å². The van der Waals surface area contributed by atoms with E-state index in [9.17, 15) is 0 Å². The Morgan fingerprint density at radius 3 is 3.12 bits per heavy atom. The summed E-state index contributed by atoms with van der Waals surface area (Å²) in [6, 6.07) is 8.14. The molecule has 1 aromatic heterocycles. The minimum Gasteiger partial charge on any atom is -0.493 e. The predicted molar refractivity (Wildman–Crippen MR) is 64.2 cm³/mol. The molecule has 1 aliphatic heterocycles. The van der Waals surface area contributed by atoms with E-state index in [4.69, 9.17) is 4.74 Å². The van der Waals surface area contributed by atoms with E-state index in [2.05, 4.69) is 28.2 Å². The van der Waals surface area contributed by atoms with Crippen molar-refractivity contribution in [2.24, 2.45) is 0 Å². The molecule has 0 bridgehead atoms. The summed E-state index contributed by atoms with van der Waals surface area (Å²) in [5, 5.41) is 7.30. The molecule has 1 N–H and O–H groups in total. The van der Waals surface area contributed by atoms with Gasteiger partial charge in [0.1, 0.15) is 11.6 Å². The van der Waals surface area contributed by atoms with Gasteiger partial charge in [0.05, 0.1) is 12.5 Å². The van der Waals surface area contributed by atoms with Crippen molar-refractivity contribution in [1.29, 1.82) is 0 Å². The second-order valence-electron chi connectivity index (χ2n) is 4.22. The molecule has 2 heterocycles. The van der Waals surface area contributed by atoms with Gasteiger partial charge in [-0.15, -0.1) is 0 Å². The topological polar surface area (TPSA) is 50.8 Å². The number of nitrogens with zero attached hydrogens (tertiary/aromatic N) is 2. The normalized spacial score (nSPS) is 18.5. The van der Waals surface area contributed by atoms with Gasteiger partial charge in [-0.25, -0.2) is 4.98 Å². The van der Waals surface area contributed by atoms with Crippen LogP contribution in [0, 0.1) is 0 Å². The Bertz CT molecular complexity index is 521. The first kappa shape index (κ1) is 10.3. The maximum atomic E-state index is 5.64. The van der Waals surface area contributed by atoms with Crippen molar-refractivity contribution in [3.05, 3.63) is 41.5 Å². The largest absolute Gasteiger partial charge is 0.493 e. The lowest BCUT2D eigenvalue weighted by molar-refractivity contribution is 0.274. The van der Waals surface area contributed by atoms with E-state index in [0.29, 0.717) is 0 Å². The smallest absolute Gasteiger partial charge is 0.158 e. The fourth-order valence-corrected chi connectivity index (χ4v) is 2.23. The molecule has 0 fully saturated rings. The Kier molecular flexibility index (Phi) is 2.55. The van der Waals surface area contributed by atoms with Gasteiger partial charge in [0.15, 0.2) is 5.82 Å². The van der Waals surface area contributed by atoms with Gasteiger partial charge in [-0.3, -0.25) is 5.10 Å². The molecule has 4 nitrogen and oxygen atoms in total. The predicted octanol–water partition coefficient (Wildman–Crippen LogP) is 2.28. The molecule has 0 amide bonds. The lowest BCUT2D eigenvalue weighted by Gasteiger charge is -2.23. The maximum absolute atomic E-state index is 5.64. The molecule has 1 atom stereocenters. The summed E-state index contributed by atoms with van der Waals surface area (Å²) in [4.78, 5) is 4.53. The molecular weight excluding hydrogens is 214 g/mol. The molecule has 0 saturated heterocycles. The van der Waals surface area contributed by atoms with E-state index >= 15 is 0 Å². The summed E-state index contributed by atoms with van der Waals surface area (Å²) in [5.74, 6) is 3.06. The number of hydrogen-bond acceptors (Lipinski definition) is 3. The Balaban J connectivity index is 1.99. The average molecular weight is 229 g/mol. The van der Waals surface area contributed by atoms with Crippen LogP contribution in [-0.2, 0) is 6.42 Å². The van der Waals surface area contributed by atoms with Crippen LogP contribution in [0.1, 0.15) is 36.5 Å². The number of aromatic nitrogens is 3. The van der Waals surface area contributed by atoms with Crippen LogP contribution in [0.25, 0.3) is 0 Å². The molecule has 0 radical (unpaired) electrons. The first-order valence-corrected chi connectivity index (χ1v) is 6.01. The van der Waals surface area contributed by atoms with E-state index in [0.717, 1.165) is 36.8 Å². The third-order valence-corrected chi connectivity index (χ3v) is 3.15. The summed E-state index contributed by atoms with van der Waals surface area (Å²) in [5.41, 5.74) is 1.19. The van der Waals surface area contributed by atoms with Crippen molar-refractivity contribution in [3.63, 3.8) is 0 Å². The summed E-state index contributed by atoms with van der Waals surface area (Å²) < 4.78 is 5.64. The first-order valence-electron chi connectivity index (χ1n) is 6.01. The number of H-pyrrole nitrogens is 1. The molecule has 1 unspecified atom stereocenters. The lowest BCUT2D eigenvalue weighted by Crippen LogP contribution is -2.16. The lowest BCUT2D eigenvalue weighted by atomic mass is 9.92. The fourth-order valence-electron chi connectivity index (χ4n) is 2.23. The van der Waals surface area contributed by atoms with Gasteiger partial charge in [0, 0.05) is 12.0 Å². The molecule has 0 spiro atoms. The molecule has 88 valence electrons. The second-order valence-corrected chi connectivity index (χ2v) is 4.22. The van der Waals surface area contributed by atoms with E-state index in [1.807, 2.05) is 18.2 Å². The number of benzene rings is 1. The molecule has 1 aromatic carbocycles. The molecule has 1 aliphatic rings. The second kappa shape index (κ2) is 4.20. The monoisotopic (exact) mass is 229 g/mol. The third-order valence-electron chi connectivity index (χ3n) is 3.15. The Hall–Kier alpha value is -1.84. The highest BCUT2D eigenvalue weighted by Gasteiger charge is 2.25. The number of rotatable bonds is 2. The van der Waals surface area contributed by atoms with Crippen LogP contribution in [0.2, 0.25) is 0 Å². The SMILES string of the molecule is CCc1nc(C2CCOc3ccccc32)n[nH]1. The molecular formula is C13H15N3O. The van der Waals surface area contributed by atoms with E-state index < -0.39 is 0 Å². The third kappa shape index (κ3) is 1.79. The zero-order valence-electron chi connectivity index (χ0n) is 9.81. The summed E-state index contributed by atoms with van der Waals surface area (Å²) >= 11 is 0. The van der Waals surface area contributed by atoms with E-state index in [1.54, 1.807) is 0 Å². The van der Waals surface area contributed by atoms with Gasteiger partial charge in [-0.2, -0.15) is 5.10 Å². The van der Waals surface area contributed by atoms with Gasteiger partial charge >= 0.3 is 0 Å². The van der Waals surface area contributed by atoms with Crippen molar-refractivity contribution in [3.8, 4) is 5.75 Å². The average Bonchev–Trinajstić information content (AvgIpc) is 2.87. The summed E-state index contributed by atoms with van der Waals surface area (Å²) in [7, 11) is 0. The summed E-state index contributed by atoms with van der Waals surface area (Å²) in [6.07, 6.45) is 1.83. The van der Waals surface area contributed by atoms with Crippen molar-refractivity contribution in [1.82, 2.24) is 15.2 Å². The number of ether oxygens (including phenoxy) is 1. The Labute approximate surface area is 100 Å². The van der Waals surface area contributed by atoms with Crippen LogP contribution < -0.4 is 4.74 Å². The van der Waals surface area contributed by atoms with Crippen LogP contribution in [0.4, 0.5) is 0 Å². The number of para-hydroxylation sites is 1. The summed E-state index contributed by atoms with van der Waals surface area (Å²) in [6.45, 7) is 2.81. The Morgan fingerprint density at radius 1 is 1.41 bits per heavy atom. The molecule has 3 rings (SSSR count). The van der Waals surface area contributed by atoms with Crippen LogP contribution in [-0.4, -0.2) is 21.8 Å². The maximum Gasteiger partial charge on any atom is 0.158 e. The van der Waals surface area contributed by atoms with Gasteiger partial charge in [0.25, 0.3) is 0 Å². The molecule has 17 heavy (non-hydrogen) atoms. The number of aryl methyl sites for hydroxylation is 1. The molecule has 2 aromatic rings. The minimum absolute atomic E-state index is 0.261. The van der Waals surface area contributed by atoms with Crippen LogP contribution in [0.5, 0.6) is 5.75 Å².